The maximum atomic E-state index is 14.2. The molecule has 0 saturated heterocycles. The summed E-state index contributed by atoms with van der Waals surface area (Å²) < 4.78 is 49.3. The predicted octanol–water partition coefficient (Wildman–Crippen LogP) is 4.29. The number of aliphatic hydroxyl groups is 1. The van der Waals surface area contributed by atoms with Crippen LogP contribution in [0, 0.1) is 11.7 Å². The van der Waals surface area contributed by atoms with Crippen LogP contribution >= 0.6 is 0 Å². The molecule has 0 bridgehead atoms. The molecule has 0 unspecified atom stereocenters. The van der Waals surface area contributed by atoms with E-state index in [9.17, 15) is 17.9 Å². The Bertz CT molecular complexity index is 1180. The lowest BCUT2D eigenvalue weighted by molar-refractivity contribution is 0.0731. The Hall–Kier alpha value is -2.26. The van der Waals surface area contributed by atoms with Crippen LogP contribution in [0.1, 0.15) is 44.2 Å². The van der Waals surface area contributed by atoms with E-state index in [1.165, 1.54) is 15.9 Å². The van der Waals surface area contributed by atoms with Gasteiger partial charge in [0.15, 0.2) is 0 Å². The largest absolute Gasteiger partial charge is 0.487 e. The molecule has 1 heterocycles. The number of ether oxygens (including phenoxy) is 1. The molecule has 2 aromatic rings. The van der Waals surface area contributed by atoms with Gasteiger partial charge in [-0.1, -0.05) is 37.3 Å². The molecule has 190 valence electrons. The summed E-state index contributed by atoms with van der Waals surface area (Å²) in [5.74, 6) is -0.0783. The Kier molecular flexibility index (Phi) is 7.96. The lowest BCUT2D eigenvalue weighted by Crippen LogP contribution is -2.49. The molecule has 0 amide bonds. The maximum Gasteiger partial charge on any atom is 0.247 e. The minimum Gasteiger partial charge on any atom is -0.487 e. The Balaban J connectivity index is 1.69. The number of hydrogen-bond acceptors (Lipinski definition) is 5. The molecule has 0 radical (unpaired) electrons. The van der Waals surface area contributed by atoms with Crippen molar-refractivity contribution in [1.29, 1.82) is 0 Å². The molecule has 1 aliphatic heterocycles. The first kappa shape index (κ1) is 25.8. The van der Waals surface area contributed by atoms with Gasteiger partial charge in [-0.25, -0.2) is 12.8 Å². The highest BCUT2D eigenvalue weighted by Gasteiger charge is 2.38. The van der Waals surface area contributed by atoms with E-state index >= 15 is 0 Å². The van der Waals surface area contributed by atoms with Crippen LogP contribution in [0.3, 0.4) is 0 Å². The number of fused-ring (bicyclic) bond motifs is 1. The summed E-state index contributed by atoms with van der Waals surface area (Å²) in [6.07, 6.45) is 4.94. The minimum absolute atomic E-state index is 0.119. The van der Waals surface area contributed by atoms with Gasteiger partial charge in [0.05, 0.1) is 6.61 Å². The van der Waals surface area contributed by atoms with Crippen LogP contribution in [0.15, 0.2) is 53.4 Å². The third kappa shape index (κ3) is 5.61. The third-order valence-corrected chi connectivity index (χ3v) is 8.99. The number of sulfonamides is 1. The van der Waals surface area contributed by atoms with Crippen LogP contribution < -0.4 is 4.74 Å². The molecule has 0 fully saturated rings. The first-order chi connectivity index (χ1) is 16.7. The van der Waals surface area contributed by atoms with Gasteiger partial charge >= 0.3 is 0 Å². The van der Waals surface area contributed by atoms with Gasteiger partial charge in [0.25, 0.3) is 0 Å². The molecule has 35 heavy (non-hydrogen) atoms. The highest BCUT2D eigenvalue weighted by atomic mass is 32.2. The van der Waals surface area contributed by atoms with E-state index in [1.54, 1.807) is 25.1 Å². The zero-order valence-corrected chi connectivity index (χ0v) is 21.5. The number of allylic oxidation sites excluding steroid dienone is 2. The van der Waals surface area contributed by atoms with Crippen molar-refractivity contribution in [1.82, 2.24) is 9.21 Å². The molecular formula is C27H35FN2O4S. The van der Waals surface area contributed by atoms with Crippen molar-refractivity contribution in [3.8, 4) is 5.75 Å². The highest BCUT2D eigenvalue weighted by Crippen LogP contribution is 2.37. The monoisotopic (exact) mass is 502 g/mol. The van der Waals surface area contributed by atoms with Crippen LogP contribution in [-0.2, 0) is 16.6 Å². The quantitative estimate of drug-likeness (QED) is 0.612. The fourth-order valence-electron chi connectivity index (χ4n) is 4.87. The van der Waals surface area contributed by atoms with Gasteiger partial charge in [0, 0.05) is 37.2 Å². The second kappa shape index (κ2) is 10.8. The summed E-state index contributed by atoms with van der Waals surface area (Å²) in [5, 5.41) is 9.82. The topological polar surface area (TPSA) is 70.1 Å². The van der Waals surface area contributed by atoms with Crippen molar-refractivity contribution in [3.05, 3.63) is 65.5 Å². The average Bonchev–Trinajstić information content (AvgIpc) is 3.37. The zero-order chi connectivity index (χ0) is 25.2. The normalized spacial score (nSPS) is 23.2. The average molecular weight is 503 g/mol. The van der Waals surface area contributed by atoms with Gasteiger partial charge in [-0.2, -0.15) is 4.31 Å². The lowest BCUT2D eigenvalue weighted by atomic mass is 10.0. The fourth-order valence-corrected chi connectivity index (χ4v) is 6.69. The molecule has 0 spiro atoms. The van der Waals surface area contributed by atoms with Crippen molar-refractivity contribution in [2.24, 2.45) is 5.92 Å². The second-order valence-electron chi connectivity index (χ2n) is 9.81. The summed E-state index contributed by atoms with van der Waals surface area (Å²) in [5.41, 5.74) is 2.78. The van der Waals surface area contributed by atoms with Crippen molar-refractivity contribution in [2.45, 2.75) is 56.7 Å². The highest BCUT2D eigenvalue weighted by molar-refractivity contribution is 7.89. The van der Waals surface area contributed by atoms with Gasteiger partial charge < -0.3 is 9.84 Å². The smallest absolute Gasteiger partial charge is 0.247 e. The van der Waals surface area contributed by atoms with Gasteiger partial charge in [0.1, 0.15) is 22.6 Å². The summed E-state index contributed by atoms with van der Waals surface area (Å²) in [7, 11) is -1.96. The number of nitrogens with zero attached hydrogens (tertiary/aromatic N) is 2. The molecule has 0 aromatic heterocycles. The van der Waals surface area contributed by atoms with E-state index in [1.807, 2.05) is 37.1 Å². The van der Waals surface area contributed by atoms with Gasteiger partial charge in [-0.05, 0) is 62.6 Å². The van der Waals surface area contributed by atoms with Gasteiger partial charge in [-0.15, -0.1) is 0 Å². The Morgan fingerprint density at radius 2 is 2.03 bits per heavy atom. The molecular weight excluding hydrogens is 467 g/mol. The maximum absolute atomic E-state index is 14.2. The van der Waals surface area contributed by atoms with E-state index in [-0.39, 0.29) is 35.9 Å². The molecule has 6 nitrogen and oxygen atoms in total. The SMILES string of the molecule is C[C@@H]1CN([C@@H](C)CO)S(=O)(=O)c2ccc(C3=CCCC3)cc2O[C@@H]1CN(C)Cc1ccccc1F. The Morgan fingerprint density at radius 1 is 1.26 bits per heavy atom. The van der Waals surface area contributed by atoms with Gasteiger partial charge in [-0.3, -0.25) is 4.90 Å². The van der Waals surface area contributed by atoms with Crippen LogP contribution in [0.5, 0.6) is 5.75 Å². The number of aliphatic hydroxyl groups excluding tert-OH is 1. The number of halogens is 1. The van der Waals surface area contributed by atoms with Crippen molar-refractivity contribution in [2.75, 3.05) is 26.7 Å². The van der Waals surface area contributed by atoms with Crippen LogP contribution in [0.2, 0.25) is 0 Å². The lowest BCUT2D eigenvalue weighted by Gasteiger charge is -2.37. The van der Waals surface area contributed by atoms with Crippen LogP contribution in [-0.4, -0.2) is 61.6 Å². The van der Waals surface area contributed by atoms with Crippen LogP contribution in [0.4, 0.5) is 4.39 Å². The van der Waals surface area contributed by atoms with E-state index in [0.717, 1.165) is 24.8 Å². The molecule has 8 heteroatoms. The molecule has 0 saturated carbocycles. The van der Waals surface area contributed by atoms with Crippen molar-refractivity contribution >= 4 is 15.6 Å². The molecule has 4 rings (SSSR count). The number of rotatable bonds is 7. The molecule has 3 atom stereocenters. The van der Waals surface area contributed by atoms with E-state index in [2.05, 4.69) is 6.08 Å². The van der Waals surface area contributed by atoms with E-state index < -0.39 is 16.1 Å². The minimum atomic E-state index is -3.87. The number of likely N-dealkylation sites (N-methyl/N-ethyl adjacent to an activating group) is 1. The first-order valence-corrected chi connectivity index (χ1v) is 13.7. The van der Waals surface area contributed by atoms with Crippen molar-refractivity contribution in [3.63, 3.8) is 0 Å². The second-order valence-corrected chi connectivity index (χ2v) is 11.7. The molecule has 2 aromatic carbocycles. The summed E-state index contributed by atoms with van der Waals surface area (Å²) in [6.45, 7) is 4.52. The molecule has 1 aliphatic carbocycles. The summed E-state index contributed by atoms with van der Waals surface area (Å²) >= 11 is 0. The molecule has 2 aliphatic rings. The third-order valence-electron chi connectivity index (χ3n) is 6.97. The van der Waals surface area contributed by atoms with Crippen LogP contribution in [0.25, 0.3) is 5.57 Å². The predicted molar refractivity (Wildman–Crippen MR) is 135 cm³/mol. The Labute approximate surface area is 208 Å². The zero-order valence-electron chi connectivity index (χ0n) is 20.7. The number of hydrogen-bond donors (Lipinski definition) is 1. The molecule has 1 N–H and O–H groups in total. The Morgan fingerprint density at radius 3 is 2.71 bits per heavy atom. The van der Waals surface area contributed by atoms with E-state index in [4.69, 9.17) is 4.74 Å². The first-order valence-electron chi connectivity index (χ1n) is 12.3. The fraction of sp³-hybridized carbons (Fsp3) is 0.481. The van der Waals surface area contributed by atoms with Gasteiger partial charge in [0.2, 0.25) is 10.0 Å². The summed E-state index contributed by atoms with van der Waals surface area (Å²) in [4.78, 5) is 2.12. The number of benzene rings is 2. The van der Waals surface area contributed by atoms with E-state index in [0.29, 0.717) is 24.4 Å². The summed E-state index contributed by atoms with van der Waals surface area (Å²) in [6, 6.07) is 11.5. The van der Waals surface area contributed by atoms with Crippen molar-refractivity contribution < 1.29 is 22.7 Å². The standard InChI is InChI=1S/C27H35FN2O4S/c1-19-15-30(20(2)18-31)35(32,33)27-13-12-22(21-8-4-5-9-21)14-25(27)34-26(19)17-29(3)16-23-10-6-7-11-24(23)28/h6-8,10-14,19-20,26,31H,4-5,9,15-18H2,1-3H3/t19-,20+,26-/m1/s1.